The molecule has 1 heterocycles. The fourth-order valence-electron chi connectivity index (χ4n) is 2.66. The first-order valence-corrected chi connectivity index (χ1v) is 8.70. The lowest BCUT2D eigenvalue weighted by molar-refractivity contribution is -0.114. The summed E-state index contributed by atoms with van der Waals surface area (Å²) in [4.78, 5) is 20.2. The number of ether oxygens (including phenoxy) is 1. The van der Waals surface area contributed by atoms with E-state index in [-0.39, 0.29) is 11.7 Å². The van der Waals surface area contributed by atoms with Crippen molar-refractivity contribution in [2.24, 2.45) is 0 Å². The van der Waals surface area contributed by atoms with Crippen molar-refractivity contribution in [3.63, 3.8) is 0 Å². The lowest BCUT2D eigenvalue weighted by Crippen LogP contribution is -2.09. The second-order valence-electron chi connectivity index (χ2n) is 6.21. The van der Waals surface area contributed by atoms with Crippen molar-refractivity contribution < 1.29 is 13.9 Å². The largest absolute Gasteiger partial charge is 0.491 e. The molecule has 2 N–H and O–H groups in total. The number of anilines is 3. The number of carbonyl (C=O) groups is 1. The van der Waals surface area contributed by atoms with Gasteiger partial charge >= 0.3 is 0 Å². The molecular weight excluding hydrogens is 347 g/mol. The van der Waals surface area contributed by atoms with Gasteiger partial charge in [-0.05, 0) is 43.2 Å². The van der Waals surface area contributed by atoms with Crippen molar-refractivity contribution in [3.05, 3.63) is 48.0 Å². The highest BCUT2D eigenvalue weighted by molar-refractivity contribution is 5.99. The number of nitrogens with one attached hydrogen (secondary N) is 2. The first kappa shape index (κ1) is 18.6. The molecule has 7 heteroatoms. The van der Waals surface area contributed by atoms with E-state index in [9.17, 15) is 9.18 Å². The summed E-state index contributed by atoms with van der Waals surface area (Å²) in [7, 11) is 0. The lowest BCUT2D eigenvalue weighted by Gasteiger charge is -2.14. The van der Waals surface area contributed by atoms with Gasteiger partial charge in [-0.25, -0.2) is 14.4 Å². The van der Waals surface area contributed by atoms with Crippen LogP contribution >= 0.6 is 0 Å². The van der Waals surface area contributed by atoms with Gasteiger partial charge in [0, 0.05) is 24.1 Å². The van der Waals surface area contributed by atoms with Gasteiger partial charge in [-0.1, -0.05) is 6.92 Å². The number of aromatic nitrogens is 2. The molecule has 1 amide bonds. The van der Waals surface area contributed by atoms with E-state index in [1.807, 2.05) is 6.92 Å². The van der Waals surface area contributed by atoms with Gasteiger partial charge in [-0.15, -0.1) is 0 Å². The number of benzene rings is 2. The number of aryl methyl sites for hydroxylation is 1. The Morgan fingerprint density at radius 1 is 1.22 bits per heavy atom. The predicted octanol–water partition coefficient (Wildman–Crippen LogP) is 4.57. The summed E-state index contributed by atoms with van der Waals surface area (Å²) in [5.41, 5.74) is 2.47. The molecule has 2 aromatic carbocycles. The summed E-state index contributed by atoms with van der Waals surface area (Å²) in [5.74, 6) is 0.649. The zero-order valence-corrected chi connectivity index (χ0v) is 15.5. The van der Waals surface area contributed by atoms with Crippen LogP contribution in [0.2, 0.25) is 0 Å². The molecular formula is C20H21FN4O2. The lowest BCUT2D eigenvalue weighted by atomic mass is 10.1. The SMILES string of the molecule is CCCOc1cc2ncnc(Nc3ccc(F)c(C)c3)c2cc1NC(C)=O. The summed E-state index contributed by atoms with van der Waals surface area (Å²) in [6, 6.07) is 8.31. The maximum Gasteiger partial charge on any atom is 0.221 e. The third kappa shape index (κ3) is 4.31. The van der Waals surface area contributed by atoms with E-state index >= 15 is 0 Å². The van der Waals surface area contributed by atoms with Crippen molar-refractivity contribution in [1.82, 2.24) is 9.97 Å². The van der Waals surface area contributed by atoms with Gasteiger partial charge in [-0.2, -0.15) is 0 Å². The van der Waals surface area contributed by atoms with E-state index in [0.29, 0.717) is 46.0 Å². The van der Waals surface area contributed by atoms with E-state index in [1.165, 1.54) is 19.3 Å². The Morgan fingerprint density at radius 2 is 2.04 bits per heavy atom. The fourth-order valence-corrected chi connectivity index (χ4v) is 2.66. The maximum absolute atomic E-state index is 13.5. The van der Waals surface area contributed by atoms with Crippen molar-refractivity contribution in [2.75, 3.05) is 17.2 Å². The van der Waals surface area contributed by atoms with E-state index in [2.05, 4.69) is 20.6 Å². The van der Waals surface area contributed by atoms with Crippen molar-refractivity contribution in [2.45, 2.75) is 27.2 Å². The zero-order chi connectivity index (χ0) is 19.4. The summed E-state index contributed by atoms with van der Waals surface area (Å²) in [6.07, 6.45) is 2.29. The second kappa shape index (κ2) is 7.99. The van der Waals surface area contributed by atoms with Crippen LogP contribution in [-0.4, -0.2) is 22.5 Å². The highest BCUT2D eigenvalue weighted by Gasteiger charge is 2.12. The average molecular weight is 368 g/mol. The number of carbonyl (C=O) groups excluding carboxylic acids is 1. The van der Waals surface area contributed by atoms with Crippen LogP contribution in [0.25, 0.3) is 10.9 Å². The van der Waals surface area contributed by atoms with Gasteiger partial charge in [0.25, 0.3) is 0 Å². The van der Waals surface area contributed by atoms with E-state index < -0.39 is 0 Å². The molecule has 27 heavy (non-hydrogen) atoms. The first-order chi connectivity index (χ1) is 13.0. The van der Waals surface area contributed by atoms with Gasteiger partial charge in [0.1, 0.15) is 23.7 Å². The van der Waals surface area contributed by atoms with E-state index in [0.717, 1.165) is 6.42 Å². The number of hydrogen-bond donors (Lipinski definition) is 2. The second-order valence-corrected chi connectivity index (χ2v) is 6.21. The molecule has 0 saturated heterocycles. The van der Waals surface area contributed by atoms with Crippen molar-refractivity contribution in [3.8, 4) is 5.75 Å². The van der Waals surface area contributed by atoms with Crippen LogP contribution in [-0.2, 0) is 4.79 Å². The normalized spacial score (nSPS) is 10.7. The monoisotopic (exact) mass is 368 g/mol. The van der Waals surface area contributed by atoms with Crippen LogP contribution in [0.5, 0.6) is 5.75 Å². The first-order valence-electron chi connectivity index (χ1n) is 8.70. The number of nitrogens with zero attached hydrogens (tertiary/aromatic N) is 2. The van der Waals surface area contributed by atoms with Gasteiger partial charge in [0.15, 0.2) is 0 Å². The summed E-state index contributed by atoms with van der Waals surface area (Å²) >= 11 is 0. The molecule has 0 atom stereocenters. The Hall–Kier alpha value is -3.22. The number of fused-ring (bicyclic) bond motifs is 1. The van der Waals surface area contributed by atoms with Crippen molar-refractivity contribution >= 4 is 34.0 Å². The summed E-state index contributed by atoms with van der Waals surface area (Å²) in [6.45, 7) is 5.68. The van der Waals surface area contributed by atoms with Gasteiger partial charge in [-0.3, -0.25) is 4.79 Å². The molecule has 140 valence electrons. The smallest absolute Gasteiger partial charge is 0.221 e. The summed E-state index contributed by atoms with van der Waals surface area (Å²) in [5, 5.41) is 6.69. The van der Waals surface area contributed by atoms with Crippen LogP contribution in [0.3, 0.4) is 0 Å². The van der Waals surface area contributed by atoms with Crippen LogP contribution in [0.15, 0.2) is 36.7 Å². The molecule has 1 aromatic heterocycles. The Kier molecular flexibility index (Phi) is 5.49. The van der Waals surface area contributed by atoms with Gasteiger partial charge < -0.3 is 15.4 Å². The highest BCUT2D eigenvalue weighted by atomic mass is 19.1. The Bertz CT molecular complexity index is 991. The number of hydrogen-bond acceptors (Lipinski definition) is 5. The van der Waals surface area contributed by atoms with Crippen molar-refractivity contribution in [1.29, 1.82) is 0 Å². The van der Waals surface area contributed by atoms with E-state index in [4.69, 9.17) is 4.74 Å². The molecule has 0 unspecified atom stereocenters. The minimum absolute atomic E-state index is 0.198. The minimum Gasteiger partial charge on any atom is -0.491 e. The molecule has 3 rings (SSSR count). The number of rotatable bonds is 6. The molecule has 0 aliphatic carbocycles. The van der Waals surface area contributed by atoms with Crippen LogP contribution in [0.1, 0.15) is 25.8 Å². The number of halogens is 1. The van der Waals surface area contributed by atoms with Gasteiger partial charge in [0.2, 0.25) is 5.91 Å². The Balaban J connectivity index is 2.05. The molecule has 0 fully saturated rings. The third-order valence-corrected chi connectivity index (χ3v) is 3.93. The molecule has 0 radical (unpaired) electrons. The highest BCUT2D eigenvalue weighted by Crippen LogP contribution is 2.33. The fraction of sp³-hybridized carbons (Fsp3) is 0.250. The Morgan fingerprint density at radius 3 is 2.74 bits per heavy atom. The molecule has 0 saturated carbocycles. The van der Waals surface area contributed by atoms with E-state index in [1.54, 1.807) is 31.2 Å². The topological polar surface area (TPSA) is 76.1 Å². The van der Waals surface area contributed by atoms with Crippen LogP contribution in [0, 0.1) is 12.7 Å². The van der Waals surface area contributed by atoms with Gasteiger partial charge in [0.05, 0.1) is 17.8 Å². The Labute approximate surface area is 156 Å². The van der Waals surface area contributed by atoms with Crippen LogP contribution in [0.4, 0.5) is 21.6 Å². The molecule has 0 spiro atoms. The third-order valence-electron chi connectivity index (χ3n) is 3.93. The molecule has 0 aliphatic rings. The standard InChI is InChI=1S/C20H21FN4O2/c1-4-7-27-19-10-17-15(9-18(19)24-13(3)26)20(23-11-22-17)25-14-5-6-16(21)12(2)8-14/h5-6,8-11H,4,7H2,1-3H3,(H,24,26)(H,22,23,25). The minimum atomic E-state index is -0.265. The molecule has 6 nitrogen and oxygen atoms in total. The molecule has 3 aromatic rings. The van der Waals surface area contributed by atoms with Crippen LogP contribution < -0.4 is 15.4 Å². The summed E-state index contributed by atoms with van der Waals surface area (Å²) < 4.78 is 19.2. The quantitative estimate of drug-likeness (QED) is 0.667. The molecule has 0 bridgehead atoms. The predicted molar refractivity (Wildman–Crippen MR) is 104 cm³/mol. The zero-order valence-electron chi connectivity index (χ0n) is 15.5. The molecule has 0 aliphatic heterocycles. The maximum atomic E-state index is 13.5. The number of amides is 1. The average Bonchev–Trinajstić information content (AvgIpc) is 2.63.